The van der Waals surface area contributed by atoms with Gasteiger partial charge in [0.1, 0.15) is 11.8 Å². The molecule has 9 nitrogen and oxygen atoms in total. The highest BCUT2D eigenvalue weighted by Crippen LogP contribution is 2.26. The summed E-state index contributed by atoms with van der Waals surface area (Å²) in [7, 11) is -2.49. The second-order valence-corrected chi connectivity index (χ2v) is 8.24. The van der Waals surface area contributed by atoms with Gasteiger partial charge in [0.25, 0.3) is 10.0 Å². The number of nitrogens with two attached hydrogens (primary N) is 1. The molecular formula is C19H24N4O5S. The fourth-order valence-corrected chi connectivity index (χ4v) is 3.70. The Morgan fingerprint density at radius 1 is 1.07 bits per heavy atom. The number of sulfonamides is 1. The SMILES string of the molecule is COc1ccccc1NS(=O)(=O)c1cccc(NC(=O)[C@@H](NC(N)=O)C(C)C)c1. The number of benzene rings is 2. The van der Waals surface area contributed by atoms with Crippen molar-refractivity contribution >= 4 is 33.3 Å². The first-order chi connectivity index (χ1) is 13.6. The average Bonchev–Trinajstić information content (AvgIpc) is 2.66. The van der Waals surface area contributed by atoms with Crippen LogP contribution in [0.1, 0.15) is 13.8 Å². The van der Waals surface area contributed by atoms with E-state index in [-0.39, 0.29) is 22.2 Å². The van der Waals surface area contributed by atoms with Crippen molar-refractivity contribution in [2.75, 3.05) is 17.1 Å². The van der Waals surface area contributed by atoms with Crippen LogP contribution < -0.4 is 25.8 Å². The van der Waals surface area contributed by atoms with Gasteiger partial charge >= 0.3 is 6.03 Å². The van der Waals surface area contributed by atoms with Crippen molar-refractivity contribution in [2.45, 2.75) is 24.8 Å². The van der Waals surface area contributed by atoms with Gasteiger partial charge in [0, 0.05) is 5.69 Å². The van der Waals surface area contributed by atoms with E-state index < -0.39 is 28.0 Å². The first-order valence-corrected chi connectivity index (χ1v) is 10.2. The summed E-state index contributed by atoms with van der Waals surface area (Å²) in [5.74, 6) is -0.356. The van der Waals surface area contributed by atoms with Crippen LogP contribution in [0.15, 0.2) is 53.4 Å². The molecule has 2 aromatic carbocycles. The molecule has 0 saturated carbocycles. The van der Waals surface area contributed by atoms with E-state index in [9.17, 15) is 18.0 Å². The van der Waals surface area contributed by atoms with E-state index in [0.717, 1.165) is 0 Å². The van der Waals surface area contributed by atoms with Gasteiger partial charge in [-0.1, -0.05) is 32.0 Å². The predicted octanol–water partition coefficient (Wildman–Crippen LogP) is 2.13. The van der Waals surface area contributed by atoms with Crippen molar-refractivity contribution in [3.8, 4) is 5.75 Å². The van der Waals surface area contributed by atoms with Crippen LogP contribution in [0.5, 0.6) is 5.75 Å². The third kappa shape index (κ3) is 5.85. The maximum absolute atomic E-state index is 12.7. The molecule has 2 aromatic rings. The predicted molar refractivity (Wildman–Crippen MR) is 110 cm³/mol. The summed E-state index contributed by atoms with van der Waals surface area (Å²) in [6, 6.07) is 10.7. The largest absolute Gasteiger partial charge is 0.495 e. The van der Waals surface area contributed by atoms with Crippen LogP contribution in [-0.4, -0.2) is 33.5 Å². The number of para-hydroxylation sites is 2. The molecule has 29 heavy (non-hydrogen) atoms. The van der Waals surface area contributed by atoms with Crippen LogP contribution in [0.4, 0.5) is 16.2 Å². The Morgan fingerprint density at radius 3 is 2.38 bits per heavy atom. The molecule has 10 heteroatoms. The van der Waals surface area contributed by atoms with Gasteiger partial charge in [-0.25, -0.2) is 13.2 Å². The van der Waals surface area contributed by atoms with Gasteiger partial charge in [-0.05, 0) is 36.2 Å². The van der Waals surface area contributed by atoms with Gasteiger partial charge < -0.3 is 21.1 Å². The Labute approximate surface area is 169 Å². The zero-order valence-corrected chi connectivity index (χ0v) is 17.1. The number of methoxy groups -OCH3 is 1. The van der Waals surface area contributed by atoms with Crippen molar-refractivity contribution in [1.82, 2.24) is 5.32 Å². The van der Waals surface area contributed by atoms with E-state index in [4.69, 9.17) is 10.5 Å². The minimum Gasteiger partial charge on any atom is -0.495 e. The molecular weight excluding hydrogens is 396 g/mol. The lowest BCUT2D eigenvalue weighted by molar-refractivity contribution is -0.118. The summed E-state index contributed by atoms with van der Waals surface area (Å²) in [6.07, 6.45) is 0. The summed E-state index contributed by atoms with van der Waals surface area (Å²) in [5.41, 5.74) is 5.66. The van der Waals surface area contributed by atoms with Crippen LogP contribution >= 0.6 is 0 Å². The molecule has 1 atom stereocenters. The maximum atomic E-state index is 12.7. The first kappa shape index (κ1) is 22.0. The summed E-state index contributed by atoms with van der Waals surface area (Å²) >= 11 is 0. The Bertz CT molecular complexity index is 992. The molecule has 0 radical (unpaired) electrons. The zero-order chi connectivity index (χ0) is 21.6. The second kappa shape index (κ2) is 9.28. The molecule has 0 heterocycles. The number of carbonyl (C=O) groups is 2. The van der Waals surface area contributed by atoms with Crippen molar-refractivity contribution in [1.29, 1.82) is 0 Å². The fraction of sp³-hybridized carbons (Fsp3) is 0.263. The zero-order valence-electron chi connectivity index (χ0n) is 16.3. The van der Waals surface area contributed by atoms with E-state index in [1.807, 2.05) is 0 Å². The minimum atomic E-state index is -3.93. The molecule has 0 aliphatic rings. The van der Waals surface area contributed by atoms with E-state index in [1.165, 1.54) is 25.3 Å². The Morgan fingerprint density at radius 2 is 1.76 bits per heavy atom. The summed E-state index contributed by atoms with van der Waals surface area (Å²) in [4.78, 5) is 23.5. The van der Waals surface area contributed by atoms with E-state index >= 15 is 0 Å². The number of carbonyl (C=O) groups excluding carboxylic acids is 2. The van der Waals surface area contributed by atoms with Gasteiger partial charge in [-0.2, -0.15) is 0 Å². The Balaban J connectivity index is 2.23. The summed E-state index contributed by atoms with van der Waals surface area (Å²) < 4.78 is 33.1. The van der Waals surface area contributed by atoms with Crippen molar-refractivity contribution in [3.05, 3.63) is 48.5 Å². The van der Waals surface area contributed by atoms with Crippen LogP contribution in [0.2, 0.25) is 0 Å². The smallest absolute Gasteiger partial charge is 0.312 e. The number of amides is 3. The van der Waals surface area contributed by atoms with Crippen LogP contribution in [0.25, 0.3) is 0 Å². The number of urea groups is 1. The highest BCUT2D eigenvalue weighted by Gasteiger charge is 2.24. The topological polar surface area (TPSA) is 140 Å². The number of nitrogens with one attached hydrogen (secondary N) is 3. The van der Waals surface area contributed by atoms with Gasteiger partial charge in [0.15, 0.2) is 0 Å². The molecule has 3 amide bonds. The van der Waals surface area contributed by atoms with Crippen molar-refractivity contribution in [3.63, 3.8) is 0 Å². The van der Waals surface area contributed by atoms with Crippen LogP contribution in [0, 0.1) is 5.92 Å². The second-order valence-electron chi connectivity index (χ2n) is 6.55. The molecule has 0 aliphatic heterocycles. The molecule has 0 saturated heterocycles. The van der Waals surface area contributed by atoms with E-state index in [0.29, 0.717) is 5.75 Å². The van der Waals surface area contributed by atoms with E-state index in [1.54, 1.807) is 44.2 Å². The molecule has 2 rings (SSSR count). The minimum absolute atomic E-state index is 0.0508. The van der Waals surface area contributed by atoms with E-state index in [2.05, 4.69) is 15.4 Å². The van der Waals surface area contributed by atoms with Gasteiger partial charge in [0.2, 0.25) is 5.91 Å². The number of hydrogen-bond donors (Lipinski definition) is 4. The third-order valence-electron chi connectivity index (χ3n) is 4.01. The first-order valence-electron chi connectivity index (χ1n) is 8.76. The quantitative estimate of drug-likeness (QED) is 0.518. The molecule has 0 aromatic heterocycles. The summed E-state index contributed by atoms with van der Waals surface area (Å²) in [6.45, 7) is 3.50. The number of primary amides is 1. The van der Waals surface area contributed by atoms with Crippen molar-refractivity contribution in [2.24, 2.45) is 11.7 Å². The van der Waals surface area contributed by atoms with Crippen LogP contribution in [-0.2, 0) is 14.8 Å². The number of hydrogen-bond acceptors (Lipinski definition) is 5. The van der Waals surface area contributed by atoms with Gasteiger partial charge in [-0.15, -0.1) is 0 Å². The average molecular weight is 420 g/mol. The molecule has 5 N–H and O–H groups in total. The third-order valence-corrected chi connectivity index (χ3v) is 5.37. The Kier molecular flexibility index (Phi) is 7.05. The lowest BCUT2D eigenvalue weighted by atomic mass is 10.0. The number of rotatable bonds is 8. The highest BCUT2D eigenvalue weighted by atomic mass is 32.2. The summed E-state index contributed by atoms with van der Waals surface area (Å²) in [5, 5.41) is 4.97. The monoisotopic (exact) mass is 420 g/mol. The molecule has 0 spiro atoms. The standard InChI is InChI=1S/C19H24N4O5S/c1-12(2)17(22-19(20)25)18(24)21-13-7-6-8-14(11-13)29(26,27)23-15-9-4-5-10-16(15)28-3/h4-12,17,23H,1-3H3,(H,21,24)(H3,20,22,25)/t17-/m0/s1. The van der Waals surface area contributed by atoms with Gasteiger partial charge in [0.05, 0.1) is 17.7 Å². The number of anilines is 2. The number of ether oxygens (including phenoxy) is 1. The molecule has 0 aliphatic carbocycles. The maximum Gasteiger partial charge on any atom is 0.312 e. The molecule has 156 valence electrons. The molecule has 0 fully saturated rings. The lowest BCUT2D eigenvalue weighted by Gasteiger charge is -2.20. The molecule has 0 unspecified atom stereocenters. The highest BCUT2D eigenvalue weighted by molar-refractivity contribution is 7.92. The van der Waals surface area contributed by atoms with Crippen molar-refractivity contribution < 1.29 is 22.7 Å². The molecule has 0 bridgehead atoms. The Hall–Kier alpha value is -3.27. The lowest BCUT2D eigenvalue weighted by Crippen LogP contribution is -2.49. The fourth-order valence-electron chi connectivity index (χ4n) is 2.58. The normalized spacial score (nSPS) is 12.1. The van der Waals surface area contributed by atoms with Gasteiger partial charge in [-0.3, -0.25) is 9.52 Å². The van der Waals surface area contributed by atoms with Crippen LogP contribution in [0.3, 0.4) is 0 Å².